The van der Waals surface area contributed by atoms with E-state index in [2.05, 4.69) is 20.7 Å². The highest BCUT2D eigenvalue weighted by Gasteiger charge is 2.17. The first-order valence-electron chi connectivity index (χ1n) is 8.28. The highest BCUT2D eigenvalue weighted by molar-refractivity contribution is 5.94. The lowest BCUT2D eigenvalue weighted by Gasteiger charge is -2.13. The van der Waals surface area contributed by atoms with Crippen molar-refractivity contribution in [3.63, 3.8) is 0 Å². The number of hydrogen-bond acceptors (Lipinski definition) is 6. The van der Waals surface area contributed by atoms with Gasteiger partial charge in [0.05, 0.1) is 12.2 Å². The predicted octanol–water partition coefficient (Wildman–Crippen LogP) is 3.36. The number of aromatic carboxylic acids is 1. The number of aromatic nitrogens is 3. The average molecular weight is 369 g/mol. The molecule has 0 aliphatic carbocycles. The van der Waals surface area contributed by atoms with Gasteiger partial charge in [-0.25, -0.2) is 19.1 Å². The van der Waals surface area contributed by atoms with E-state index in [1.54, 1.807) is 26.0 Å². The second-order valence-corrected chi connectivity index (χ2v) is 5.87. The lowest BCUT2D eigenvalue weighted by atomic mass is 10.1. The molecule has 1 amide bonds. The van der Waals surface area contributed by atoms with Crippen molar-refractivity contribution < 1.29 is 19.4 Å². The van der Waals surface area contributed by atoms with E-state index in [4.69, 9.17) is 4.74 Å². The number of carboxylic acids is 1. The van der Waals surface area contributed by atoms with E-state index in [9.17, 15) is 14.7 Å². The predicted molar refractivity (Wildman–Crippen MR) is 99.8 cm³/mol. The summed E-state index contributed by atoms with van der Waals surface area (Å²) in [5.41, 5.74) is 3.48. The number of fused-ring (bicyclic) bond motifs is 1. The summed E-state index contributed by atoms with van der Waals surface area (Å²) in [7, 11) is 0. The van der Waals surface area contributed by atoms with Crippen LogP contribution in [0.1, 0.15) is 28.4 Å². The molecule has 0 bridgehead atoms. The average Bonchev–Trinajstić information content (AvgIpc) is 2.96. The Balaban J connectivity index is 1.98. The van der Waals surface area contributed by atoms with Gasteiger partial charge in [0.1, 0.15) is 11.8 Å². The number of benzene rings is 1. The van der Waals surface area contributed by atoms with Gasteiger partial charge in [-0.1, -0.05) is 6.07 Å². The Morgan fingerprint density at radius 1 is 1.30 bits per heavy atom. The summed E-state index contributed by atoms with van der Waals surface area (Å²) in [4.78, 5) is 27.3. The minimum Gasteiger partial charge on any atom is -0.478 e. The molecule has 3 aromatic rings. The lowest BCUT2D eigenvalue weighted by Crippen LogP contribution is -2.13. The normalized spacial score (nSPS) is 10.6. The van der Waals surface area contributed by atoms with Crippen LogP contribution < -0.4 is 10.6 Å². The molecule has 2 aromatic heterocycles. The first-order valence-corrected chi connectivity index (χ1v) is 8.28. The van der Waals surface area contributed by atoms with Crippen LogP contribution in [0.2, 0.25) is 0 Å². The summed E-state index contributed by atoms with van der Waals surface area (Å²) in [5.74, 6) is -0.563. The number of carbonyl (C=O) groups is 2. The largest absolute Gasteiger partial charge is 0.478 e. The number of carbonyl (C=O) groups excluding carboxylic acids is 1. The molecule has 0 saturated carbocycles. The third kappa shape index (κ3) is 3.66. The Morgan fingerprint density at radius 3 is 2.78 bits per heavy atom. The molecule has 0 saturated heterocycles. The van der Waals surface area contributed by atoms with Crippen molar-refractivity contribution in [2.24, 2.45) is 0 Å². The highest BCUT2D eigenvalue weighted by atomic mass is 16.5. The molecule has 0 fully saturated rings. The van der Waals surface area contributed by atoms with Gasteiger partial charge in [0.25, 0.3) is 0 Å². The molecule has 2 heterocycles. The molecule has 0 atom stereocenters. The third-order valence-corrected chi connectivity index (χ3v) is 4.07. The lowest BCUT2D eigenvalue weighted by molar-refractivity contribution is 0.0696. The van der Waals surface area contributed by atoms with Gasteiger partial charge >= 0.3 is 12.1 Å². The van der Waals surface area contributed by atoms with Gasteiger partial charge in [0.2, 0.25) is 0 Å². The summed E-state index contributed by atoms with van der Waals surface area (Å²) < 4.78 is 6.36. The number of nitrogens with one attached hydrogen (secondary N) is 2. The molecule has 3 N–H and O–H groups in total. The maximum absolute atomic E-state index is 11.6. The number of amides is 1. The molecular formula is C18H19N5O4. The molecule has 0 radical (unpaired) electrons. The first kappa shape index (κ1) is 18.2. The Bertz CT molecular complexity index is 1030. The van der Waals surface area contributed by atoms with Crippen LogP contribution in [0.15, 0.2) is 30.7 Å². The number of carboxylic acid groups (broad SMARTS) is 1. The molecule has 9 nitrogen and oxygen atoms in total. The fourth-order valence-electron chi connectivity index (χ4n) is 2.71. The van der Waals surface area contributed by atoms with Gasteiger partial charge in [0.15, 0.2) is 5.82 Å². The molecular weight excluding hydrogens is 350 g/mol. The van der Waals surface area contributed by atoms with Gasteiger partial charge in [-0.2, -0.15) is 5.10 Å². The number of rotatable bonds is 5. The summed E-state index contributed by atoms with van der Waals surface area (Å²) in [6, 6.07) is 5.36. The van der Waals surface area contributed by atoms with Crippen molar-refractivity contribution in [1.82, 2.24) is 14.6 Å². The smallest absolute Gasteiger partial charge is 0.411 e. The van der Waals surface area contributed by atoms with E-state index in [-0.39, 0.29) is 12.2 Å². The second kappa shape index (κ2) is 7.32. The van der Waals surface area contributed by atoms with E-state index < -0.39 is 12.1 Å². The van der Waals surface area contributed by atoms with E-state index in [1.807, 2.05) is 13.0 Å². The second-order valence-electron chi connectivity index (χ2n) is 5.87. The van der Waals surface area contributed by atoms with Crippen LogP contribution in [0.5, 0.6) is 0 Å². The molecule has 0 aliphatic heterocycles. The fourth-order valence-corrected chi connectivity index (χ4v) is 2.71. The maximum atomic E-state index is 11.6. The van der Waals surface area contributed by atoms with Crippen LogP contribution in [0, 0.1) is 13.8 Å². The SMILES string of the molecule is CCOC(=O)Nc1ccc(C)c(Nc2ncnn3cc(C(=O)O)c(C)c23)c1. The maximum Gasteiger partial charge on any atom is 0.411 e. The van der Waals surface area contributed by atoms with Crippen LogP contribution in [0.4, 0.5) is 22.0 Å². The van der Waals surface area contributed by atoms with Crippen LogP contribution >= 0.6 is 0 Å². The number of ether oxygens (including phenoxy) is 1. The third-order valence-electron chi connectivity index (χ3n) is 4.07. The van der Waals surface area contributed by atoms with E-state index in [0.717, 1.165) is 5.56 Å². The summed E-state index contributed by atoms with van der Waals surface area (Å²) in [6.45, 7) is 5.62. The molecule has 9 heteroatoms. The molecule has 0 spiro atoms. The first-order chi connectivity index (χ1) is 12.9. The molecule has 27 heavy (non-hydrogen) atoms. The van der Waals surface area contributed by atoms with Gasteiger partial charge in [-0.3, -0.25) is 5.32 Å². The molecule has 1 aromatic carbocycles. The highest BCUT2D eigenvalue weighted by Crippen LogP contribution is 2.28. The minimum absolute atomic E-state index is 0.160. The van der Waals surface area contributed by atoms with E-state index in [0.29, 0.717) is 28.3 Å². The van der Waals surface area contributed by atoms with E-state index in [1.165, 1.54) is 17.0 Å². The standard InChI is InChI=1S/C18H19N5O4/c1-4-27-18(26)21-12-6-5-10(2)14(7-12)22-16-15-11(3)13(17(24)25)8-23(15)20-9-19-16/h5-9H,4H2,1-3H3,(H,21,26)(H,24,25)(H,19,20,22). The van der Waals surface area contributed by atoms with Crippen molar-refractivity contribution >= 4 is 34.8 Å². The van der Waals surface area contributed by atoms with Crippen molar-refractivity contribution in [1.29, 1.82) is 0 Å². The molecule has 140 valence electrons. The molecule has 3 rings (SSSR count). The zero-order valence-corrected chi connectivity index (χ0v) is 15.1. The fraction of sp³-hybridized carbons (Fsp3) is 0.222. The van der Waals surface area contributed by atoms with Crippen LogP contribution in [0.25, 0.3) is 5.52 Å². The molecule has 0 aliphatic rings. The van der Waals surface area contributed by atoms with Crippen molar-refractivity contribution in [2.75, 3.05) is 17.2 Å². The Morgan fingerprint density at radius 2 is 2.07 bits per heavy atom. The Kier molecular flexibility index (Phi) is 4.93. The van der Waals surface area contributed by atoms with Crippen molar-refractivity contribution in [3.05, 3.63) is 47.4 Å². The number of hydrogen-bond donors (Lipinski definition) is 3. The van der Waals surface area contributed by atoms with Crippen molar-refractivity contribution in [2.45, 2.75) is 20.8 Å². The number of nitrogens with zero attached hydrogens (tertiary/aromatic N) is 3. The topological polar surface area (TPSA) is 118 Å². The van der Waals surface area contributed by atoms with Crippen LogP contribution in [0.3, 0.4) is 0 Å². The summed E-state index contributed by atoms with van der Waals surface area (Å²) >= 11 is 0. The number of aryl methyl sites for hydroxylation is 2. The monoisotopic (exact) mass is 369 g/mol. The zero-order chi connectivity index (χ0) is 19.6. The van der Waals surface area contributed by atoms with Crippen LogP contribution in [-0.2, 0) is 4.74 Å². The Hall–Kier alpha value is -3.62. The summed E-state index contributed by atoms with van der Waals surface area (Å²) in [5, 5.41) is 19.2. The van der Waals surface area contributed by atoms with Crippen LogP contribution in [-0.4, -0.2) is 38.4 Å². The summed E-state index contributed by atoms with van der Waals surface area (Å²) in [6.07, 6.45) is 2.26. The Labute approximate surface area is 155 Å². The zero-order valence-electron chi connectivity index (χ0n) is 15.1. The van der Waals surface area contributed by atoms with Crippen molar-refractivity contribution in [3.8, 4) is 0 Å². The van der Waals surface area contributed by atoms with Gasteiger partial charge in [-0.15, -0.1) is 0 Å². The molecule has 0 unspecified atom stereocenters. The quantitative estimate of drug-likeness (QED) is 0.631. The van der Waals surface area contributed by atoms with Gasteiger partial charge < -0.3 is 15.2 Å². The number of anilines is 3. The minimum atomic E-state index is -1.03. The van der Waals surface area contributed by atoms with E-state index >= 15 is 0 Å². The van der Waals surface area contributed by atoms with Gasteiger partial charge in [0, 0.05) is 17.6 Å². The van der Waals surface area contributed by atoms with Gasteiger partial charge in [-0.05, 0) is 44.0 Å².